The third-order valence-corrected chi connectivity index (χ3v) is 3.97. The van der Waals surface area contributed by atoms with Crippen LogP contribution in [0.3, 0.4) is 0 Å². The Morgan fingerprint density at radius 3 is 2.85 bits per heavy atom. The number of hydrogen-bond acceptors (Lipinski definition) is 3. The first-order valence-corrected chi connectivity index (χ1v) is 8.80. The van der Waals surface area contributed by atoms with Crippen LogP contribution >= 0.6 is 23.4 Å². The SMILES string of the molecule is CSCCCn1c(CCl)nc2c(OC(C)C)cccc21. The molecule has 2 rings (SSSR count). The summed E-state index contributed by atoms with van der Waals surface area (Å²) in [6.07, 6.45) is 3.39. The molecule has 0 spiro atoms. The van der Waals surface area contributed by atoms with Crippen molar-refractivity contribution in [2.75, 3.05) is 12.0 Å². The molecular formula is C15H21ClN2OS. The lowest BCUT2D eigenvalue weighted by atomic mass is 10.3. The number of benzene rings is 1. The molecule has 0 amide bonds. The van der Waals surface area contributed by atoms with Gasteiger partial charge in [-0.3, -0.25) is 0 Å². The fraction of sp³-hybridized carbons (Fsp3) is 0.533. The number of alkyl halides is 1. The summed E-state index contributed by atoms with van der Waals surface area (Å²) >= 11 is 7.91. The summed E-state index contributed by atoms with van der Waals surface area (Å²) in [6.45, 7) is 5.00. The second-order valence-corrected chi connectivity index (χ2v) is 6.20. The molecule has 0 N–H and O–H groups in total. The molecule has 1 aromatic heterocycles. The highest BCUT2D eigenvalue weighted by Crippen LogP contribution is 2.27. The average molecular weight is 313 g/mol. The van der Waals surface area contributed by atoms with Crippen molar-refractivity contribution in [3.8, 4) is 5.75 Å². The van der Waals surface area contributed by atoms with E-state index in [1.807, 2.05) is 37.7 Å². The second kappa shape index (κ2) is 7.23. The predicted molar refractivity (Wildman–Crippen MR) is 88.1 cm³/mol. The van der Waals surface area contributed by atoms with Gasteiger partial charge in [0.25, 0.3) is 0 Å². The molecule has 0 aliphatic carbocycles. The Labute approximate surface area is 129 Å². The van der Waals surface area contributed by atoms with Gasteiger partial charge in [-0.2, -0.15) is 11.8 Å². The lowest BCUT2D eigenvalue weighted by Gasteiger charge is -2.10. The van der Waals surface area contributed by atoms with Gasteiger partial charge in [0.05, 0.1) is 17.5 Å². The zero-order chi connectivity index (χ0) is 14.5. The van der Waals surface area contributed by atoms with E-state index in [0.29, 0.717) is 5.88 Å². The van der Waals surface area contributed by atoms with Crippen LogP contribution in [0.1, 0.15) is 26.1 Å². The number of thioether (sulfide) groups is 1. The normalized spacial score (nSPS) is 11.4. The Morgan fingerprint density at radius 1 is 1.40 bits per heavy atom. The molecule has 2 aromatic rings. The maximum Gasteiger partial charge on any atom is 0.147 e. The maximum absolute atomic E-state index is 6.05. The van der Waals surface area contributed by atoms with Crippen molar-refractivity contribution < 1.29 is 4.74 Å². The molecule has 0 aliphatic rings. The minimum Gasteiger partial charge on any atom is -0.489 e. The van der Waals surface area contributed by atoms with Crippen LogP contribution < -0.4 is 4.74 Å². The van der Waals surface area contributed by atoms with Crippen molar-refractivity contribution in [1.82, 2.24) is 9.55 Å². The molecule has 5 heteroatoms. The summed E-state index contributed by atoms with van der Waals surface area (Å²) in [5, 5.41) is 0. The zero-order valence-corrected chi connectivity index (χ0v) is 13.8. The Bertz CT molecular complexity index is 568. The Hall–Kier alpha value is -0.870. The van der Waals surface area contributed by atoms with Crippen LogP contribution in [0.2, 0.25) is 0 Å². The highest BCUT2D eigenvalue weighted by molar-refractivity contribution is 7.98. The van der Waals surface area contributed by atoms with Crippen molar-refractivity contribution >= 4 is 34.4 Å². The first kappa shape index (κ1) is 15.5. The summed E-state index contributed by atoms with van der Waals surface area (Å²) < 4.78 is 8.06. The number of hydrogen-bond donors (Lipinski definition) is 0. The molecule has 3 nitrogen and oxygen atoms in total. The molecule has 0 saturated carbocycles. The first-order valence-electron chi connectivity index (χ1n) is 6.87. The fourth-order valence-corrected chi connectivity index (χ4v) is 2.86. The van der Waals surface area contributed by atoms with E-state index in [1.54, 1.807) is 0 Å². The molecule has 0 unspecified atom stereocenters. The molecule has 0 bridgehead atoms. The number of imidazole rings is 1. The summed E-state index contributed by atoms with van der Waals surface area (Å²) in [5.74, 6) is 3.33. The molecule has 1 aromatic carbocycles. The summed E-state index contributed by atoms with van der Waals surface area (Å²) in [4.78, 5) is 4.66. The number of halogens is 1. The molecule has 0 saturated heterocycles. The smallest absolute Gasteiger partial charge is 0.147 e. The van der Waals surface area contributed by atoms with Crippen LogP contribution in [0.5, 0.6) is 5.75 Å². The zero-order valence-electron chi connectivity index (χ0n) is 12.2. The number of nitrogens with zero attached hydrogens (tertiary/aromatic N) is 2. The Kier molecular flexibility index (Phi) is 5.61. The molecule has 0 radical (unpaired) electrons. The standard InChI is InChI=1S/C15H21ClN2OS/c1-11(2)19-13-7-4-6-12-15(13)17-14(10-16)18(12)8-5-9-20-3/h4,6-7,11H,5,8-10H2,1-3H3. The first-order chi connectivity index (χ1) is 9.67. The summed E-state index contributed by atoms with van der Waals surface area (Å²) in [6, 6.07) is 6.08. The average Bonchev–Trinajstić information content (AvgIpc) is 2.78. The molecule has 0 fully saturated rings. The van der Waals surface area contributed by atoms with Crippen LogP contribution in [0.25, 0.3) is 11.0 Å². The van der Waals surface area contributed by atoms with Crippen molar-refractivity contribution in [2.45, 2.75) is 38.8 Å². The lowest BCUT2D eigenvalue weighted by molar-refractivity contribution is 0.245. The predicted octanol–water partition coefficient (Wildman–Crippen LogP) is 4.32. The van der Waals surface area contributed by atoms with Crippen LogP contribution in [0.15, 0.2) is 18.2 Å². The van der Waals surface area contributed by atoms with Crippen LogP contribution in [-0.4, -0.2) is 27.7 Å². The number of aromatic nitrogens is 2. The maximum atomic E-state index is 6.05. The molecule has 20 heavy (non-hydrogen) atoms. The van der Waals surface area contributed by atoms with Gasteiger partial charge in [-0.1, -0.05) is 6.07 Å². The van der Waals surface area contributed by atoms with E-state index in [4.69, 9.17) is 16.3 Å². The van der Waals surface area contributed by atoms with Crippen molar-refractivity contribution in [1.29, 1.82) is 0 Å². The van der Waals surface area contributed by atoms with Crippen molar-refractivity contribution in [3.63, 3.8) is 0 Å². The molecular weight excluding hydrogens is 292 g/mol. The van der Waals surface area contributed by atoms with Gasteiger partial charge in [-0.05, 0) is 44.4 Å². The molecule has 1 heterocycles. The summed E-state index contributed by atoms with van der Waals surface area (Å²) in [7, 11) is 0. The minimum absolute atomic E-state index is 0.140. The van der Waals surface area contributed by atoms with Crippen LogP contribution in [0, 0.1) is 0 Å². The Balaban J connectivity index is 2.40. The number of rotatable bonds is 7. The minimum atomic E-state index is 0.140. The highest BCUT2D eigenvalue weighted by Gasteiger charge is 2.14. The monoisotopic (exact) mass is 312 g/mol. The van der Waals surface area contributed by atoms with Gasteiger partial charge >= 0.3 is 0 Å². The van der Waals surface area contributed by atoms with Crippen molar-refractivity contribution in [3.05, 3.63) is 24.0 Å². The van der Waals surface area contributed by atoms with Gasteiger partial charge < -0.3 is 9.30 Å². The number of aryl methyl sites for hydroxylation is 1. The largest absolute Gasteiger partial charge is 0.489 e. The second-order valence-electron chi connectivity index (χ2n) is 4.95. The van der Waals surface area contributed by atoms with Gasteiger partial charge in [-0.25, -0.2) is 4.98 Å². The van der Waals surface area contributed by atoms with E-state index in [-0.39, 0.29) is 6.10 Å². The van der Waals surface area contributed by atoms with E-state index in [0.717, 1.165) is 41.3 Å². The van der Waals surface area contributed by atoms with E-state index in [9.17, 15) is 0 Å². The van der Waals surface area contributed by atoms with Crippen LogP contribution in [0.4, 0.5) is 0 Å². The van der Waals surface area contributed by atoms with Gasteiger partial charge in [0.15, 0.2) is 0 Å². The van der Waals surface area contributed by atoms with Gasteiger partial charge in [0, 0.05) is 6.54 Å². The third-order valence-electron chi connectivity index (χ3n) is 3.03. The highest BCUT2D eigenvalue weighted by atomic mass is 35.5. The van der Waals surface area contributed by atoms with E-state index in [1.165, 1.54) is 0 Å². The topological polar surface area (TPSA) is 27.1 Å². The quantitative estimate of drug-likeness (QED) is 0.563. The third kappa shape index (κ3) is 3.41. The van der Waals surface area contributed by atoms with Crippen molar-refractivity contribution in [2.24, 2.45) is 0 Å². The molecule has 0 aliphatic heterocycles. The van der Waals surface area contributed by atoms with Gasteiger partial charge in [0.2, 0.25) is 0 Å². The van der Waals surface area contributed by atoms with Crippen LogP contribution in [-0.2, 0) is 12.4 Å². The number of fused-ring (bicyclic) bond motifs is 1. The fourth-order valence-electron chi connectivity index (χ4n) is 2.24. The molecule has 110 valence electrons. The van der Waals surface area contributed by atoms with E-state index < -0.39 is 0 Å². The summed E-state index contributed by atoms with van der Waals surface area (Å²) in [5.41, 5.74) is 2.03. The molecule has 0 atom stereocenters. The van der Waals surface area contributed by atoms with E-state index >= 15 is 0 Å². The number of para-hydroxylation sites is 1. The Morgan fingerprint density at radius 2 is 2.20 bits per heavy atom. The van der Waals surface area contributed by atoms with Gasteiger partial charge in [0.1, 0.15) is 17.1 Å². The lowest BCUT2D eigenvalue weighted by Crippen LogP contribution is -2.06. The van der Waals surface area contributed by atoms with E-state index in [2.05, 4.69) is 21.9 Å². The number of ether oxygens (including phenoxy) is 1. The van der Waals surface area contributed by atoms with Gasteiger partial charge in [-0.15, -0.1) is 11.6 Å².